The van der Waals surface area contributed by atoms with Crippen molar-refractivity contribution in [1.82, 2.24) is 9.80 Å². The Morgan fingerprint density at radius 3 is 2.32 bits per heavy atom. The topological polar surface area (TPSA) is 32.8 Å². The summed E-state index contributed by atoms with van der Waals surface area (Å²) in [6, 6.07) is 18.9. The Morgan fingerprint density at radius 2 is 1.61 bits per heavy atom. The molecule has 2 fully saturated rings. The number of benzene rings is 2. The van der Waals surface area contributed by atoms with Crippen LogP contribution in [0.2, 0.25) is 0 Å². The molecule has 1 atom stereocenters. The van der Waals surface area contributed by atoms with Crippen molar-refractivity contribution < 1.29 is 9.53 Å². The SMILES string of the molecule is C[C@@H](C1CCN(C(=O)c2cccc(-c3ccccc3)c2)CC1)N1CCOCC1. The van der Waals surface area contributed by atoms with E-state index >= 15 is 0 Å². The molecule has 0 bridgehead atoms. The van der Waals surface area contributed by atoms with Gasteiger partial charge in [-0.3, -0.25) is 9.69 Å². The average molecular weight is 379 g/mol. The molecule has 4 heteroatoms. The fraction of sp³-hybridized carbons (Fsp3) is 0.458. The minimum Gasteiger partial charge on any atom is -0.379 e. The molecule has 2 aromatic rings. The molecule has 0 aliphatic carbocycles. The zero-order valence-corrected chi connectivity index (χ0v) is 16.7. The predicted molar refractivity (Wildman–Crippen MR) is 112 cm³/mol. The number of hydrogen-bond donors (Lipinski definition) is 0. The van der Waals surface area contributed by atoms with Gasteiger partial charge in [0, 0.05) is 37.8 Å². The van der Waals surface area contributed by atoms with Gasteiger partial charge in [-0.1, -0.05) is 42.5 Å². The fourth-order valence-corrected chi connectivity index (χ4v) is 4.51. The Bertz CT molecular complexity index is 778. The number of nitrogens with zero attached hydrogens (tertiary/aromatic N) is 2. The Labute approximate surface area is 168 Å². The summed E-state index contributed by atoms with van der Waals surface area (Å²) in [6.07, 6.45) is 2.17. The molecule has 1 amide bonds. The van der Waals surface area contributed by atoms with Crippen LogP contribution < -0.4 is 0 Å². The second kappa shape index (κ2) is 8.89. The summed E-state index contributed by atoms with van der Waals surface area (Å²) in [6.45, 7) is 7.82. The molecule has 0 aromatic heterocycles. The number of morpholine rings is 1. The number of rotatable bonds is 4. The highest BCUT2D eigenvalue weighted by Crippen LogP contribution is 2.26. The van der Waals surface area contributed by atoms with Gasteiger partial charge < -0.3 is 9.64 Å². The van der Waals surface area contributed by atoms with E-state index in [1.54, 1.807) is 0 Å². The Balaban J connectivity index is 1.38. The van der Waals surface area contributed by atoms with Crippen LogP contribution in [0.5, 0.6) is 0 Å². The lowest BCUT2D eigenvalue weighted by molar-refractivity contribution is -0.000950. The normalized spacial score (nSPS) is 20.1. The molecule has 0 radical (unpaired) electrons. The zero-order chi connectivity index (χ0) is 19.3. The number of ether oxygens (including phenoxy) is 1. The van der Waals surface area contributed by atoms with Crippen molar-refractivity contribution in [3.8, 4) is 11.1 Å². The first-order valence-electron chi connectivity index (χ1n) is 10.5. The summed E-state index contributed by atoms with van der Waals surface area (Å²) in [5.41, 5.74) is 3.04. The smallest absolute Gasteiger partial charge is 0.253 e. The van der Waals surface area contributed by atoms with Crippen molar-refractivity contribution in [2.45, 2.75) is 25.8 Å². The van der Waals surface area contributed by atoms with Crippen LogP contribution in [0.4, 0.5) is 0 Å². The van der Waals surface area contributed by atoms with Crippen molar-refractivity contribution in [3.05, 3.63) is 60.2 Å². The summed E-state index contributed by atoms with van der Waals surface area (Å²) in [4.78, 5) is 17.6. The van der Waals surface area contributed by atoms with Crippen molar-refractivity contribution in [3.63, 3.8) is 0 Å². The number of hydrogen-bond acceptors (Lipinski definition) is 3. The summed E-state index contributed by atoms with van der Waals surface area (Å²) in [5.74, 6) is 0.827. The van der Waals surface area contributed by atoms with E-state index in [0.29, 0.717) is 12.0 Å². The lowest BCUT2D eigenvalue weighted by atomic mass is 9.89. The minimum atomic E-state index is 0.162. The van der Waals surface area contributed by atoms with E-state index in [0.717, 1.165) is 68.9 Å². The first kappa shape index (κ1) is 19.2. The van der Waals surface area contributed by atoms with Gasteiger partial charge in [0.15, 0.2) is 0 Å². The van der Waals surface area contributed by atoms with Crippen LogP contribution in [0.1, 0.15) is 30.1 Å². The van der Waals surface area contributed by atoms with E-state index in [2.05, 4.69) is 30.0 Å². The van der Waals surface area contributed by atoms with E-state index in [-0.39, 0.29) is 5.91 Å². The summed E-state index contributed by atoms with van der Waals surface area (Å²) >= 11 is 0. The molecule has 4 rings (SSSR count). The van der Waals surface area contributed by atoms with E-state index in [1.165, 1.54) is 0 Å². The van der Waals surface area contributed by atoms with Gasteiger partial charge in [0.2, 0.25) is 0 Å². The number of likely N-dealkylation sites (tertiary alicyclic amines) is 1. The molecule has 2 heterocycles. The van der Waals surface area contributed by atoms with Crippen molar-refractivity contribution in [2.24, 2.45) is 5.92 Å². The molecule has 2 saturated heterocycles. The lowest BCUT2D eigenvalue weighted by Crippen LogP contribution is -2.49. The number of carbonyl (C=O) groups is 1. The largest absolute Gasteiger partial charge is 0.379 e. The molecule has 2 aliphatic heterocycles. The molecule has 4 nitrogen and oxygen atoms in total. The van der Waals surface area contributed by atoms with Gasteiger partial charge in [0.05, 0.1) is 13.2 Å². The molecule has 28 heavy (non-hydrogen) atoms. The van der Waals surface area contributed by atoms with Crippen molar-refractivity contribution in [2.75, 3.05) is 39.4 Å². The highest BCUT2D eigenvalue weighted by Gasteiger charge is 2.30. The van der Waals surface area contributed by atoms with Crippen LogP contribution in [0.3, 0.4) is 0 Å². The molecule has 0 saturated carbocycles. The third-order valence-electron chi connectivity index (χ3n) is 6.35. The van der Waals surface area contributed by atoms with Crippen LogP contribution in [0.15, 0.2) is 54.6 Å². The number of amides is 1. The zero-order valence-electron chi connectivity index (χ0n) is 16.7. The highest BCUT2D eigenvalue weighted by atomic mass is 16.5. The first-order valence-corrected chi connectivity index (χ1v) is 10.5. The lowest BCUT2D eigenvalue weighted by Gasteiger charge is -2.41. The molecule has 2 aromatic carbocycles. The van der Waals surface area contributed by atoms with E-state index in [1.807, 2.05) is 41.3 Å². The molecule has 0 unspecified atom stereocenters. The second-order valence-electron chi connectivity index (χ2n) is 7.97. The predicted octanol–water partition coefficient (Wildman–Crippen LogP) is 3.93. The average Bonchev–Trinajstić information content (AvgIpc) is 2.79. The molecular formula is C24H30N2O2. The Hall–Kier alpha value is -2.17. The van der Waals surface area contributed by atoms with Gasteiger partial charge in [-0.2, -0.15) is 0 Å². The van der Waals surface area contributed by atoms with Gasteiger partial charge in [0.1, 0.15) is 0 Å². The van der Waals surface area contributed by atoms with Crippen LogP contribution in [0, 0.1) is 5.92 Å². The third-order valence-corrected chi connectivity index (χ3v) is 6.35. The highest BCUT2D eigenvalue weighted by molar-refractivity contribution is 5.95. The minimum absolute atomic E-state index is 0.162. The molecule has 0 spiro atoms. The maximum absolute atomic E-state index is 13.1. The van der Waals surface area contributed by atoms with Crippen LogP contribution in [-0.2, 0) is 4.74 Å². The number of piperidine rings is 1. The monoisotopic (exact) mass is 378 g/mol. The van der Waals surface area contributed by atoms with Crippen molar-refractivity contribution in [1.29, 1.82) is 0 Å². The second-order valence-corrected chi connectivity index (χ2v) is 7.97. The standard InChI is InChI=1S/C24H30N2O2/c1-19(25-14-16-28-17-15-25)20-10-12-26(13-11-20)24(27)23-9-5-8-22(18-23)21-6-3-2-4-7-21/h2-9,18-20H,10-17H2,1H3/t19-/m0/s1. The summed E-state index contributed by atoms with van der Waals surface area (Å²) in [7, 11) is 0. The Morgan fingerprint density at radius 1 is 0.929 bits per heavy atom. The van der Waals surface area contributed by atoms with Crippen molar-refractivity contribution >= 4 is 5.91 Å². The Kier molecular flexibility index (Phi) is 6.08. The summed E-state index contributed by atoms with van der Waals surface area (Å²) < 4.78 is 5.48. The molecule has 0 N–H and O–H groups in total. The van der Waals surface area contributed by atoms with E-state index in [4.69, 9.17) is 4.74 Å². The van der Waals surface area contributed by atoms with Gasteiger partial charge in [-0.15, -0.1) is 0 Å². The molecule has 2 aliphatic rings. The summed E-state index contributed by atoms with van der Waals surface area (Å²) in [5, 5.41) is 0. The van der Waals surface area contributed by atoms with Gasteiger partial charge in [-0.05, 0) is 48.9 Å². The molecule has 148 valence electrons. The van der Waals surface area contributed by atoms with Crippen LogP contribution >= 0.6 is 0 Å². The first-order chi connectivity index (χ1) is 13.7. The number of carbonyl (C=O) groups excluding carboxylic acids is 1. The quantitative estimate of drug-likeness (QED) is 0.808. The molecular weight excluding hydrogens is 348 g/mol. The van der Waals surface area contributed by atoms with Gasteiger partial charge in [0.25, 0.3) is 5.91 Å². The fourth-order valence-electron chi connectivity index (χ4n) is 4.51. The maximum Gasteiger partial charge on any atom is 0.253 e. The van der Waals surface area contributed by atoms with Gasteiger partial charge in [-0.25, -0.2) is 0 Å². The van der Waals surface area contributed by atoms with E-state index < -0.39 is 0 Å². The van der Waals surface area contributed by atoms with Crippen LogP contribution in [-0.4, -0.2) is 61.1 Å². The third kappa shape index (κ3) is 4.29. The van der Waals surface area contributed by atoms with Crippen LogP contribution in [0.25, 0.3) is 11.1 Å². The van der Waals surface area contributed by atoms with Gasteiger partial charge >= 0.3 is 0 Å². The maximum atomic E-state index is 13.1. The van der Waals surface area contributed by atoms with E-state index in [9.17, 15) is 4.79 Å².